The lowest BCUT2D eigenvalue weighted by Crippen LogP contribution is -2.56. The van der Waals surface area contributed by atoms with Gasteiger partial charge in [-0.2, -0.15) is 0 Å². The van der Waals surface area contributed by atoms with Crippen LogP contribution in [0.1, 0.15) is 13.8 Å². The average molecular weight is 243 g/mol. The maximum Gasteiger partial charge on any atom is 0.324 e. The fraction of sp³-hybridized carbons (Fsp3) is 0.818. The Kier molecular flexibility index (Phi) is 5.93. The molecule has 6 heteroatoms. The summed E-state index contributed by atoms with van der Waals surface area (Å²) in [5.41, 5.74) is 0. The number of rotatable bonds is 5. The molecule has 0 aromatic carbocycles. The quantitative estimate of drug-likeness (QED) is 0.604. The Balaban J connectivity index is 2.42. The molecule has 1 amide bonds. The van der Waals surface area contributed by atoms with Crippen LogP contribution in [0.25, 0.3) is 0 Å². The van der Waals surface area contributed by atoms with E-state index in [1.54, 1.807) is 6.92 Å². The number of carbonyl (C=O) groups excluding carboxylic acids is 2. The summed E-state index contributed by atoms with van der Waals surface area (Å²) in [7, 11) is 0. The van der Waals surface area contributed by atoms with E-state index in [0.717, 1.165) is 13.1 Å². The molecular weight excluding hydrogens is 222 g/mol. The Bertz CT molecular complexity index is 271. The van der Waals surface area contributed by atoms with E-state index in [9.17, 15) is 9.59 Å². The molecule has 1 heterocycles. The molecule has 17 heavy (non-hydrogen) atoms. The Morgan fingerprint density at radius 3 is 2.94 bits per heavy atom. The molecule has 0 aromatic rings. The van der Waals surface area contributed by atoms with E-state index in [2.05, 4.69) is 10.6 Å². The number of ether oxygens (including phenoxy) is 1. The molecule has 0 aliphatic carbocycles. The van der Waals surface area contributed by atoms with Crippen molar-refractivity contribution >= 4 is 11.9 Å². The summed E-state index contributed by atoms with van der Waals surface area (Å²) in [4.78, 5) is 24.5. The van der Waals surface area contributed by atoms with Crippen LogP contribution in [0.2, 0.25) is 0 Å². The minimum absolute atomic E-state index is 0.0483. The van der Waals surface area contributed by atoms with Gasteiger partial charge < -0.3 is 15.4 Å². The van der Waals surface area contributed by atoms with Crippen LogP contribution in [0.3, 0.4) is 0 Å². The van der Waals surface area contributed by atoms with Gasteiger partial charge in [0, 0.05) is 39.6 Å². The van der Waals surface area contributed by atoms with Crippen molar-refractivity contribution in [1.29, 1.82) is 0 Å². The third kappa shape index (κ3) is 4.70. The molecule has 1 atom stereocenters. The van der Waals surface area contributed by atoms with Crippen LogP contribution in [-0.4, -0.2) is 62.1 Å². The summed E-state index contributed by atoms with van der Waals surface area (Å²) in [6.07, 6.45) is 0. The Hall–Kier alpha value is -1.14. The van der Waals surface area contributed by atoms with Crippen LogP contribution in [0.5, 0.6) is 0 Å². The topological polar surface area (TPSA) is 70.7 Å². The Morgan fingerprint density at radius 1 is 1.53 bits per heavy atom. The van der Waals surface area contributed by atoms with E-state index in [0.29, 0.717) is 26.2 Å². The SMILES string of the molecule is CCOC(=O)C1CNCCN1CCNC(C)=O. The molecular formula is C11H21N3O3. The lowest BCUT2D eigenvalue weighted by atomic mass is 10.2. The molecule has 1 rings (SSSR count). The summed E-state index contributed by atoms with van der Waals surface area (Å²) in [5, 5.41) is 5.90. The summed E-state index contributed by atoms with van der Waals surface area (Å²) in [6, 6.07) is -0.238. The normalized spacial score (nSPS) is 20.9. The minimum atomic E-state index is -0.238. The fourth-order valence-electron chi connectivity index (χ4n) is 1.86. The first kappa shape index (κ1) is 13.9. The zero-order valence-electron chi connectivity index (χ0n) is 10.5. The smallest absolute Gasteiger partial charge is 0.324 e. The lowest BCUT2D eigenvalue weighted by Gasteiger charge is -2.34. The summed E-state index contributed by atoms with van der Waals surface area (Å²) in [6.45, 7) is 7.18. The van der Waals surface area contributed by atoms with Gasteiger partial charge in [-0.1, -0.05) is 0 Å². The molecule has 0 saturated carbocycles. The number of hydrogen-bond acceptors (Lipinski definition) is 5. The first-order valence-corrected chi connectivity index (χ1v) is 6.01. The molecule has 0 radical (unpaired) electrons. The van der Waals surface area contributed by atoms with E-state index in [1.165, 1.54) is 6.92 Å². The third-order valence-corrected chi connectivity index (χ3v) is 2.69. The molecule has 0 spiro atoms. The van der Waals surface area contributed by atoms with E-state index in [-0.39, 0.29) is 17.9 Å². The van der Waals surface area contributed by atoms with Crippen molar-refractivity contribution < 1.29 is 14.3 Å². The van der Waals surface area contributed by atoms with Gasteiger partial charge in [0.2, 0.25) is 5.91 Å². The predicted octanol–water partition coefficient (Wildman–Crippen LogP) is -1.04. The van der Waals surface area contributed by atoms with Gasteiger partial charge in [-0.3, -0.25) is 14.5 Å². The van der Waals surface area contributed by atoms with Gasteiger partial charge in [0.15, 0.2) is 0 Å². The number of nitrogens with one attached hydrogen (secondary N) is 2. The molecule has 0 aromatic heterocycles. The van der Waals surface area contributed by atoms with Crippen molar-refractivity contribution in [2.45, 2.75) is 19.9 Å². The van der Waals surface area contributed by atoms with Crippen LogP contribution in [-0.2, 0) is 14.3 Å². The standard InChI is InChI=1S/C11H21N3O3/c1-3-17-11(16)10-8-12-4-6-14(10)7-5-13-9(2)15/h10,12H,3-8H2,1-2H3,(H,13,15). The second-order valence-corrected chi connectivity index (χ2v) is 3.99. The zero-order chi connectivity index (χ0) is 12.7. The highest BCUT2D eigenvalue weighted by atomic mass is 16.5. The molecule has 1 fully saturated rings. The van der Waals surface area contributed by atoms with Crippen molar-refractivity contribution in [2.24, 2.45) is 0 Å². The lowest BCUT2D eigenvalue weighted by molar-refractivity contribution is -0.150. The molecule has 1 unspecified atom stereocenters. The Morgan fingerprint density at radius 2 is 2.29 bits per heavy atom. The van der Waals surface area contributed by atoms with Gasteiger partial charge in [-0.05, 0) is 6.92 Å². The molecule has 0 bridgehead atoms. The van der Waals surface area contributed by atoms with Crippen LogP contribution >= 0.6 is 0 Å². The second kappa shape index (κ2) is 7.24. The van der Waals surface area contributed by atoms with E-state index >= 15 is 0 Å². The Labute approximate surface area is 102 Å². The first-order valence-electron chi connectivity index (χ1n) is 6.01. The van der Waals surface area contributed by atoms with Crippen LogP contribution in [0.15, 0.2) is 0 Å². The van der Waals surface area contributed by atoms with Gasteiger partial charge in [0.25, 0.3) is 0 Å². The van der Waals surface area contributed by atoms with Crippen LogP contribution in [0, 0.1) is 0 Å². The molecule has 98 valence electrons. The van der Waals surface area contributed by atoms with Crippen LogP contribution < -0.4 is 10.6 Å². The first-order chi connectivity index (χ1) is 8.15. The highest BCUT2D eigenvalue weighted by molar-refractivity contribution is 5.76. The van der Waals surface area contributed by atoms with E-state index < -0.39 is 0 Å². The molecule has 1 saturated heterocycles. The molecule has 2 N–H and O–H groups in total. The zero-order valence-corrected chi connectivity index (χ0v) is 10.5. The van der Waals surface area contributed by atoms with Crippen molar-refractivity contribution in [3.8, 4) is 0 Å². The maximum atomic E-state index is 11.7. The highest BCUT2D eigenvalue weighted by Crippen LogP contribution is 2.04. The van der Waals surface area contributed by atoms with Gasteiger partial charge in [-0.25, -0.2) is 0 Å². The van der Waals surface area contributed by atoms with Crippen molar-refractivity contribution in [1.82, 2.24) is 15.5 Å². The maximum absolute atomic E-state index is 11.7. The average Bonchev–Trinajstić information content (AvgIpc) is 2.29. The summed E-state index contributed by atoms with van der Waals surface area (Å²) < 4.78 is 5.03. The van der Waals surface area contributed by atoms with Gasteiger partial charge in [-0.15, -0.1) is 0 Å². The van der Waals surface area contributed by atoms with E-state index in [1.807, 2.05) is 4.90 Å². The molecule has 6 nitrogen and oxygen atoms in total. The summed E-state index contributed by atoms with van der Waals surface area (Å²) >= 11 is 0. The van der Waals surface area contributed by atoms with Crippen LogP contribution in [0.4, 0.5) is 0 Å². The van der Waals surface area contributed by atoms with Gasteiger partial charge >= 0.3 is 5.97 Å². The number of piperazine rings is 1. The fourth-order valence-corrected chi connectivity index (χ4v) is 1.86. The molecule has 1 aliphatic rings. The monoisotopic (exact) mass is 243 g/mol. The van der Waals surface area contributed by atoms with E-state index in [4.69, 9.17) is 4.74 Å². The van der Waals surface area contributed by atoms with Crippen molar-refractivity contribution in [3.63, 3.8) is 0 Å². The number of carbonyl (C=O) groups is 2. The predicted molar refractivity (Wildman–Crippen MR) is 63.5 cm³/mol. The third-order valence-electron chi connectivity index (χ3n) is 2.69. The van der Waals surface area contributed by atoms with Gasteiger partial charge in [0.05, 0.1) is 6.61 Å². The summed E-state index contributed by atoms with van der Waals surface area (Å²) in [5.74, 6) is -0.240. The molecule has 1 aliphatic heterocycles. The number of hydrogen-bond donors (Lipinski definition) is 2. The van der Waals surface area contributed by atoms with Crippen molar-refractivity contribution in [2.75, 3.05) is 39.3 Å². The number of esters is 1. The number of nitrogens with zero attached hydrogens (tertiary/aromatic N) is 1. The van der Waals surface area contributed by atoms with Gasteiger partial charge in [0.1, 0.15) is 6.04 Å². The number of amides is 1. The van der Waals surface area contributed by atoms with Crippen molar-refractivity contribution in [3.05, 3.63) is 0 Å². The largest absolute Gasteiger partial charge is 0.465 e. The highest BCUT2D eigenvalue weighted by Gasteiger charge is 2.29. The second-order valence-electron chi connectivity index (χ2n) is 3.99. The minimum Gasteiger partial charge on any atom is -0.465 e.